The van der Waals surface area contributed by atoms with Gasteiger partial charge in [0.15, 0.2) is 0 Å². The minimum Gasteiger partial charge on any atom is -0.385 e. The summed E-state index contributed by atoms with van der Waals surface area (Å²) in [5.74, 6) is 0. The lowest BCUT2D eigenvalue weighted by Gasteiger charge is -2.10. The van der Waals surface area contributed by atoms with Gasteiger partial charge in [-0.1, -0.05) is 6.07 Å². The monoisotopic (exact) mass is 233 g/mol. The number of rotatable bonds is 5. The van der Waals surface area contributed by atoms with Gasteiger partial charge >= 0.3 is 6.18 Å². The van der Waals surface area contributed by atoms with Crippen molar-refractivity contribution in [1.29, 1.82) is 0 Å². The molecule has 0 amide bonds. The highest BCUT2D eigenvalue weighted by Crippen LogP contribution is 2.30. The number of halogens is 3. The third-order valence-corrected chi connectivity index (χ3v) is 2.04. The molecule has 0 fully saturated rings. The van der Waals surface area contributed by atoms with Crippen molar-refractivity contribution >= 4 is 5.69 Å². The molecule has 0 bridgehead atoms. The first-order chi connectivity index (χ1) is 7.54. The fraction of sp³-hybridized carbons (Fsp3) is 0.455. The van der Waals surface area contributed by atoms with Crippen LogP contribution < -0.4 is 5.32 Å². The van der Waals surface area contributed by atoms with Crippen LogP contribution in [-0.2, 0) is 10.9 Å². The summed E-state index contributed by atoms with van der Waals surface area (Å²) in [5.41, 5.74) is -0.157. The summed E-state index contributed by atoms with van der Waals surface area (Å²) in [7, 11) is 1.59. The quantitative estimate of drug-likeness (QED) is 0.789. The summed E-state index contributed by atoms with van der Waals surface area (Å²) < 4.78 is 41.9. The van der Waals surface area contributed by atoms with Crippen LogP contribution in [0.3, 0.4) is 0 Å². The van der Waals surface area contributed by atoms with Crippen molar-refractivity contribution in [3.05, 3.63) is 29.8 Å². The highest BCUT2D eigenvalue weighted by molar-refractivity contribution is 5.46. The second-order valence-corrected chi connectivity index (χ2v) is 3.35. The molecule has 0 atom stereocenters. The van der Waals surface area contributed by atoms with Crippen molar-refractivity contribution < 1.29 is 17.9 Å². The third-order valence-electron chi connectivity index (χ3n) is 2.04. The standard InChI is InChI=1S/C11H14F3NO/c1-16-7-3-6-15-10-5-2-4-9(8-10)11(12,13)14/h2,4-5,8,15H,3,6-7H2,1H3. The molecule has 16 heavy (non-hydrogen) atoms. The van der Waals surface area contributed by atoms with Gasteiger partial charge in [-0.25, -0.2) is 0 Å². The van der Waals surface area contributed by atoms with E-state index in [2.05, 4.69) is 5.32 Å². The van der Waals surface area contributed by atoms with Gasteiger partial charge in [-0.2, -0.15) is 13.2 Å². The van der Waals surface area contributed by atoms with Gasteiger partial charge < -0.3 is 10.1 Å². The van der Waals surface area contributed by atoms with Gasteiger partial charge in [0.25, 0.3) is 0 Å². The topological polar surface area (TPSA) is 21.3 Å². The Bertz CT molecular complexity index is 325. The molecule has 0 aromatic heterocycles. The predicted molar refractivity (Wildman–Crippen MR) is 56.4 cm³/mol. The number of ether oxygens (including phenoxy) is 1. The molecule has 0 aliphatic carbocycles. The first-order valence-corrected chi connectivity index (χ1v) is 4.94. The summed E-state index contributed by atoms with van der Waals surface area (Å²) in [4.78, 5) is 0. The van der Waals surface area contributed by atoms with E-state index in [1.54, 1.807) is 13.2 Å². The molecule has 0 spiro atoms. The van der Waals surface area contributed by atoms with Crippen LogP contribution in [-0.4, -0.2) is 20.3 Å². The average molecular weight is 233 g/mol. The number of benzene rings is 1. The van der Waals surface area contributed by atoms with Crippen LogP contribution in [0.15, 0.2) is 24.3 Å². The van der Waals surface area contributed by atoms with Gasteiger partial charge in [0, 0.05) is 25.9 Å². The molecule has 2 nitrogen and oxygen atoms in total. The van der Waals surface area contributed by atoms with E-state index >= 15 is 0 Å². The van der Waals surface area contributed by atoms with Gasteiger partial charge in [0.1, 0.15) is 0 Å². The zero-order valence-corrected chi connectivity index (χ0v) is 8.97. The molecular formula is C11H14F3NO. The molecule has 0 saturated carbocycles. The summed E-state index contributed by atoms with van der Waals surface area (Å²) in [6.45, 7) is 1.18. The Morgan fingerprint density at radius 3 is 2.69 bits per heavy atom. The number of anilines is 1. The first-order valence-electron chi connectivity index (χ1n) is 4.94. The Morgan fingerprint density at radius 1 is 1.31 bits per heavy atom. The van der Waals surface area contributed by atoms with Crippen molar-refractivity contribution in [3.8, 4) is 0 Å². The molecule has 0 unspecified atom stereocenters. The smallest absolute Gasteiger partial charge is 0.385 e. The van der Waals surface area contributed by atoms with Gasteiger partial charge in [0.05, 0.1) is 5.56 Å². The van der Waals surface area contributed by atoms with Crippen LogP contribution in [0.2, 0.25) is 0 Å². The zero-order chi connectivity index (χ0) is 12.0. The predicted octanol–water partition coefficient (Wildman–Crippen LogP) is 3.15. The van der Waals surface area contributed by atoms with Crippen LogP contribution in [0, 0.1) is 0 Å². The molecule has 0 aliphatic rings. The second-order valence-electron chi connectivity index (χ2n) is 3.35. The maximum Gasteiger partial charge on any atom is 0.416 e. The highest BCUT2D eigenvalue weighted by atomic mass is 19.4. The van der Waals surface area contributed by atoms with Gasteiger partial charge in [0.2, 0.25) is 0 Å². The Morgan fingerprint density at radius 2 is 2.06 bits per heavy atom. The lowest BCUT2D eigenvalue weighted by atomic mass is 10.2. The van der Waals surface area contributed by atoms with Crippen LogP contribution in [0.4, 0.5) is 18.9 Å². The van der Waals surface area contributed by atoms with Crippen molar-refractivity contribution in [3.63, 3.8) is 0 Å². The number of hydrogen-bond acceptors (Lipinski definition) is 2. The van der Waals surface area contributed by atoms with E-state index in [-0.39, 0.29) is 0 Å². The van der Waals surface area contributed by atoms with E-state index in [1.807, 2.05) is 0 Å². The van der Waals surface area contributed by atoms with Crippen LogP contribution >= 0.6 is 0 Å². The Labute approximate surface area is 92.4 Å². The number of methoxy groups -OCH3 is 1. The van der Waals surface area contributed by atoms with Crippen molar-refractivity contribution in [2.45, 2.75) is 12.6 Å². The normalized spacial score (nSPS) is 11.5. The number of hydrogen-bond donors (Lipinski definition) is 1. The van der Waals surface area contributed by atoms with E-state index in [0.717, 1.165) is 18.6 Å². The fourth-order valence-electron chi connectivity index (χ4n) is 1.25. The van der Waals surface area contributed by atoms with Gasteiger partial charge in [-0.15, -0.1) is 0 Å². The Balaban J connectivity index is 2.54. The molecule has 5 heteroatoms. The third kappa shape index (κ3) is 4.10. The van der Waals surface area contributed by atoms with Crippen molar-refractivity contribution in [1.82, 2.24) is 0 Å². The van der Waals surface area contributed by atoms with Crippen molar-refractivity contribution in [2.75, 3.05) is 25.6 Å². The lowest BCUT2D eigenvalue weighted by molar-refractivity contribution is -0.137. The summed E-state index contributed by atoms with van der Waals surface area (Å²) >= 11 is 0. The molecule has 0 heterocycles. The average Bonchev–Trinajstić information content (AvgIpc) is 2.24. The summed E-state index contributed by atoms with van der Waals surface area (Å²) in [6, 6.07) is 5.16. The van der Waals surface area contributed by atoms with Gasteiger partial charge in [-0.05, 0) is 24.6 Å². The minimum absolute atomic E-state index is 0.478. The van der Waals surface area contributed by atoms with E-state index in [9.17, 15) is 13.2 Å². The minimum atomic E-state index is -4.29. The zero-order valence-electron chi connectivity index (χ0n) is 8.97. The summed E-state index contributed by atoms with van der Waals surface area (Å²) in [5, 5.41) is 2.91. The van der Waals surface area contributed by atoms with E-state index in [1.165, 1.54) is 6.07 Å². The molecule has 1 aromatic carbocycles. The molecular weight excluding hydrogens is 219 g/mol. The van der Waals surface area contributed by atoms with Gasteiger partial charge in [-0.3, -0.25) is 0 Å². The maximum absolute atomic E-state index is 12.4. The summed E-state index contributed by atoms with van der Waals surface area (Å²) in [6.07, 6.45) is -3.53. The number of alkyl halides is 3. The van der Waals surface area contributed by atoms with E-state index in [4.69, 9.17) is 4.74 Å². The van der Waals surface area contributed by atoms with Crippen LogP contribution in [0.5, 0.6) is 0 Å². The Kier molecular flexibility index (Phi) is 4.61. The SMILES string of the molecule is COCCCNc1cccc(C(F)(F)F)c1. The highest BCUT2D eigenvalue weighted by Gasteiger charge is 2.30. The maximum atomic E-state index is 12.4. The van der Waals surface area contributed by atoms with E-state index < -0.39 is 11.7 Å². The fourth-order valence-corrected chi connectivity index (χ4v) is 1.25. The number of nitrogens with one attached hydrogen (secondary N) is 1. The van der Waals surface area contributed by atoms with Crippen molar-refractivity contribution in [2.24, 2.45) is 0 Å². The largest absolute Gasteiger partial charge is 0.416 e. The molecule has 1 aromatic rings. The molecule has 0 saturated heterocycles. The molecule has 1 rings (SSSR count). The molecule has 90 valence electrons. The molecule has 1 N–H and O–H groups in total. The van der Waals surface area contributed by atoms with E-state index in [0.29, 0.717) is 18.8 Å². The molecule has 0 aliphatic heterocycles. The van der Waals surface area contributed by atoms with Crippen LogP contribution in [0.1, 0.15) is 12.0 Å². The Hall–Kier alpha value is -1.23. The van der Waals surface area contributed by atoms with Crippen LogP contribution in [0.25, 0.3) is 0 Å². The lowest BCUT2D eigenvalue weighted by Crippen LogP contribution is -2.08. The molecule has 0 radical (unpaired) electrons. The second kappa shape index (κ2) is 5.75. The first kappa shape index (κ1) is 12.8.